The van der Waals surface area contributed by atoms with Gasteiger partial charge >= 0.3 is 0 Å². The highest BCUT2D eigenvalue weighted by Crippen LogP contribution is 2.41. The van der Waals surface area contributed by atoms with Crippen LogP contribution in [-0.2, 0) is 9.59 Å². The second-order valence-corrected chi connectivity index (χ2v) is 8.11. The third-order valence-corrected chi connectivity index (χ3v) is 5.62. The van der Waals surface area contributed by atoms with Crippen LogP contribution >= 0.6 is 11.6 Å². The fourth-order valence-corrected chi connectivity index (χ4v) is 3.83. The van der Waals surface area contributed by atoms with Crippen molar-refractivity contribution in [2.75, 3.05) is 4.90 Å². The van der Waals surface area contributed by atoms with Crippen LogP contribution in [0.4, 0.5) is 5.69 Å². The van der Waals surface area contributed by atoms with Crippen LogP contribution in [0.15, 0.2) is 78.5 Å². The number of amides is 1. The van der Waals surface area contributed by atoms with E-state index in [1.165, 1.54) is 4.90 Å². The standard InChI is InChI=1S/C25H21ClN2O3/c1-15(2)16-8-12-19(13-9-16)28-22(20-5-3-4-14-27-20)21(24(30)25(28)31)23(29)17-6-10-18(26)11-7-17/h3-15,22,29H,1-2H3/b23-21-. The Hall–Kier alpha value is -3.44. The molecule has 2 aromatic carbocycles. The number of nitrogens with zero attached hydrogens (tertiary/aromatic N) is 2. The molecule has 1 aromatic heterocycles. The van der Waals surface area contributed by atoms with Gasteiger partial charge in [0, 0.05) is 22.5 Å². The minimum Gasteiger partial charge on any atom is -0.507 e. The molecule has 0 radical (unpaired) electrons. The maximum atomic E-state index is 13.1. The Balaban J connectivity index is 1.89. The zero-order chi connectivity index (χ0) is 22.1. The fraction of sp³-hybridized carbons (Fsp3) is 0.160. The van der Waals surface area contributed by atoms with Gasteiger partial charge in [-0.2, -0.15) is 0 Å². The van der Waals surface area contributed by atoms with E-state index in [2.05, 4.69) is 18.8 Å². The lowest BCUT2D eigenvalue weighted by Crippen LogP contribution is -2.29. The first-order chi connectivity index (χ1) is 14.9. The van der Waals surface area contributed by atoms with Crippen molar-refractivity contribution in [3.05, 3.63) is 100 Å². The monoisotopic (exact) mass is 432 g/mol. The number of pyridine rings is 1. The van der Waals surface area contributed by atoms with E-state index in [0.29, 0.717) is 27.9 Å². The van der Waals surface area contributed by atoms with E-state index in [4.69, 9.17) is 11.6 Å². The van der Waals surface area contributed by atoms with Crippen LogP contribution in [0.5, 0.6) is 0 Å². The third-order valence-electron chi connectivity index (χ3n) is 5.37. The Morgan fingerprint density at radius 1 is 1.00 bits per heavy atom. The quantitative estimate of drug-likeness (QED) is 0.336. The van der Waals surface area contributed by atoms with Crippen LogP contribution in [-0.4, -0.2) is 21.8 Å². The Bertz CT molecular complexity index is 1150. The molecule has 6 heteroatoms. The fourth-order valence-electron chi connectivity index (χ4n) is 3.70. The summed E-state index contributed by atoms with van der Waals surface area (Å²) in [5.41, 5.74) is 2.58. The molecular weight excluding hydrogens is 412 g/mol. The summed E-state index contributed by atoms with van der Waals surface area (Å²) in [6.07, 6.45) is 1.60. The normalized spacial score (nSPS) is 18.1. The molecule has 1 saturated heterocycles. The topological polar surface area (TPSA) is 70.5 Å². The predicted octanol–water partition coefficient (Wildman–Crippen LogP) is 5.48. The van der Waals surface area contributed by atoms with Gasteiger partial charge < -0.3 is 5.11 Å². The van der Waals surface area contributed by atoms with Crippen molar-refractivity contribution in [2.24, 2.45) is 0 Å². The zero-order valence-electron chi connectivity index (χ0n) is 17.1. The molecule has 1 aliphatic heterocycles. The van der Waals surface area contributed by atoms with E-state index >= 15 is 0 Å². The molecule has 1 unspecified atom stereocenters. The highest BCUT2D eigenvalue weighted by atomic mass is 35.5. The van der Waals surface area contributed by atoms with Gasteiger partial charge in [-0.15, -0.1) is 0 Å². The van der Waals surface area contributed by atoms with Crippen LogP contribution in [0.25, 0.3) is 5.76 Å². The van der Waals surface area contributed by atoms with Crippen LogP contribution in [0.3, 0.4) is 0 Å². The highest BCUT2D eigenvalue weighted by Gasteiger charge is 2.47. The second kappa shape index (κ2) is 8.36. The summed E-state index contributed by atoms with van der Waals surface area (Å²) in [6, 6.07) is 18.4. The number of carbonyl (C=O) groups excluding carboxylic acids is 2. The summed E-state index contributed by atoms with van der Waals surface area (Å²) >= 11 is 5.95. The molecule has 0 bridgehead atoms. The Kier molecular flexibility index (Phi) is 5.61. The summed E-state index contributed by atoms with van der Waals surface area (Å²) in [5.74, 6) is -1.38. The van der Waals surface area contributed by atoms with Gasteiger partial charge in [-0.25, -0.2) is 0 Å². The summed E-state index contributed by atoms with van der Waals surface area (Å²) in [4.78, 5) is 31.9. The van der Waals surface area contributed by atoms with E-state index in [1.54, 1.807) is 48.7 Å². The van der Waals surface area contributed by atoms with Gasteiger partial charge in [-0.3, -0.25) is 19.5 Å². The number of carbonyl (C=O) groups is 2. The number of rotatable bonds is 4. The second-order valence-electron chi connectivity index (χ2n) is 7.68. The first-order valence-electron chi connectivity index (χ1n) is 9.96. The minimum atomic E-state index is -0.846. The lowest BCUT2D eigenvalue weighted by atomic mass is 9.98. The predicted molar refractivity (Wildman–Crippen MR) is 121 cm³/mol. The molecule has 1 aliphatic rings. The van der Waals surface area contributed by atoms with Gasteiger partial charge in [0.1, 0.15) is 11.8 Å². The molecule has 0 saturated carbocycles. The van der Waals surface area contributed by atoms with Crippen molar-refractivity contribution in [1.29, 1.82) is 0 Å². The number of hydrogen-bond donors (Lipinski definition) is 1. The molecule has 1 amide bonds. The summed E-state index contributed by atoms with van der Waals surface area (Å²) in [7, 11) is 0. The van der Waals surface area contributed by atoms with Crippen molar-refractivity contribution in [3.8, 4) is 0 Å². The molecule has 156 valence electrons. The molecule has 31 heavy (non-hydrogen) atoms. The number of aliphatic hydroxyl groups excluding tert-OH is 1. The minimum absolute atomic E-state index is 0.000964. The molecular formula is C25H21ClN2O3. The number of hydrogen-bond acceptors (Lipinski definition) is 4. The van der Waals surface area contributed by atoms with Gasteiger partial charge in [0.25, 0.3) is 11.7 Å². The SMILES string of the molecule is CC(C)c1ccc(N2C(=O)C(=O)/C(=C(\O)c3ccc(Cl)cc3)C2c2ccccn2)cc1. The molecule has 1 N–H and O–H groups in total. The molecule has 4 rings (SSSR count). The number of benzene rings is 2. The van der Waals surface area contributed by atoms with Crippen molar-refractivity contribution >= 4 is 34.7 Å². The smallest absolute Gasteiger partial charge is 0.300 e. The number of halogens is 1. The van der Waals surface area contributed by atoms with Crippen molar-refractivity contribution in [2.45, 2.75) is 25.8 Å². The lowest BCUT2D eigenvalue weighted by molar-refractivity contribution is -0.132. The number of anilines is 1. The number of aliphatic hydroxyl groups is 1. The van der Waals surface area contributed by atoms with Crippen molar-refractivity contribution < 1.29 is 14.7 Å². The maximum Gasteiger partial charge on any atom is 0.300 e. The largest absolute Gasteiger partial charge is 0.507 e. The molecule has 0 spiro atoms. The van der Waals surface area contributed by atoms with E-state index in [0.717, 1.165) is 5.56 Å². The highest BCUT2D eigenvalue weighted by molar-refractivity contribution is 6.51. The average molecular weight is 433 g/mol. The van der Waals surface area contributed by atoms with Gasteiger partial charge in [0.05, 0.1) is 11.3 Å². The number of Topliss-reactive ketones (excluding diaryl/α,β-unsaturated/α-hetero) is 1. The number of ketones is 1. The number of aromatic nitrogens is 1. The Morgan fingerprint density at radius 2 is 1.68 bits per heavy atom. The molecule has 3 aromatic rings. The van der Waals surface area contributed by atoms with Gasteiger partial charge in [0.2, 0.25) is 0 Å². The molecule has 1 fully saturated rings. The first-order valence-corrected chi connectivity index (χ1v) is 10.3. The Labute approximate surface area is 185 Å². The summed E-state index contributed by atoms with van der Waals surface area (Å²) < 4.78 is 0. The summed E-state index contributed by atoms with van der Waals surface area (Å²) in [5, 5.41) is 11.5. The van der Waals surface area contributed by atoms with Crippen molar-refractivity contribution in [1.82, 2.24) is 4.98 Å². The van der Waals surface area contributed by atoms with Gasteiger partial charge in [-0.05, 0) is 60.0 Å². The lowest BCUT2D eigenvalue weighted by Gasteiger charge is -2.25. The molecule has 1 atom stereocenters. The van der Waals surface area contributed by atoms with Gasteiger partial charge in [-0.1, -0.05) is 43.6 Å². The van der Waals surface area contributed by atoms with E-state index in [9.17, 15) is 14.7 Å². The maximum absolute atomic E-state index is 13.1. The average Bonchev–Trinajstić information content (AvgIpc) is 3.05. The molecule has 0 aliphatic carbocycles. The zero-order valence-corrected chi connectivity index (χ0v) is 17.9. The first kappa shape index (κ1) is 20.8. The van der Waals surface area contributed by atoms with E-state index < -0.39 is 17.7 Å². The van der Waals surface area contributed by atoms with E-state index in [-0.39, 0.29) is 11.3 Å². The Morgan fingerprint density at radius 3 is 2.26 bits per heavy atom. The van der Waals surface area contributed by atoms with Crippen LogP contribution in [0.1, 0.15) is 42.6 Å². The van der Waals surface area contributed by atoms with Gasteiger partial charge in [0.15, 0.2) is 0 Å². The van der Waals surface area contributed by atoms with Crippen LogP contribution in [0.2, 0.25) is 5.02 Å². The van der Waals surface area contributed by atoms with E-state index in [1.807, 2.05) is 24.3 Å². The van der Waals surface area contributed by atoms with Crippen LogP contribution < -0.4 is 4.90 Å². The third kappa shape index (κ3) is 3.84. The van der Waals surface area contributed by atoms with Crippen molar-refractivity contribution in [3.63, 3.8) is 0 Å². The van der Waals surface area contributed by atoms with Crippen LogP contribution in [0, 0.1) is 0 Å². The summed E-state index contributed by atoms with van der Waals surface area (Å²) in [6.45, 7) is 4.17. The molecule has 5 nitrogen and oxygen atoms in total. The molecule has 2 heterocycles.